The molecule has 1 amide bonds. The molecule has 22 heavy (non-hydrogen) atoms. The molecular weight excluding hydrogens is 298 g/mol. The van der Waals surface area contributed by atoms with E-state index < -0.39 is 6.10 Å². The lowest BCUT2D eigenvalue weighted by Gasteiger charge is -2.19. The zero-order chi connectivity index (χ0) is 16.5. The summed E-state index contributed by atoms with van der Waals surface area (Å²) in [5.41, 5.74) is 0.932. The van der Waals surface area contributed by atoms with Crippen LogP contribution in [0.1, 0.15) is 52.0 Å². The number of nitrogens with one attached hydrogen (secondary N) is 1. The van der Waals surface area contributed by atoms with Crippen LogP contribution in [-0.2, 0) is 4.79 Å². The highest BCUT2D eigenvalue weighted by atomic mass is 35.5. The Labute approximate surface area is 139 Å². The van der Waals surface area contributed by atoms with Crippen LogP contribution in [0.5, 0.6) is 5.75 Å². The fourth-order valence-corrected chi connectivity index (χ4v) is 2.55. The van der Waals surface area contributed by atoms with Gasteiger partial charge in [-0.1, -0.05) is 44.7 Å². The van der Waals surface area contributed by atoms with Crippen molar-refractivity contribution < 1.29 is 9.53 Å². The van der Waals surface area contributed by atoms with E-state index in [0.717, 1.165) is 18.5 Å². The largest absolute Gasteiger partial charge is 0.481 e. The van der Waals surface area contributed by atoms with Crippen LogP contribution in [0.15, 0.2) is 18.2 Å². The Balaban J connectivity index is 2.47. The third-order valence-electron chi connectivity index (χ3n) is 3.92. The van der Waals surface area contributed by atoms with Gasteiger partial charge in [-0.2, -0.15) is 0 Å². The van der Waals surface area contributed by atoms with Gasteiger partial charge in [-0.15, -0.1) is 0 Å². The standard InChI is InChI=1S/C18H28ClNO2/c1-5-7-8-15(6-2)12-20-18(21)14(4)22-17-10-9-16(19)11-13(17)3/h9-11,14-15H,5-8,12H2,1-4H3,(H,20,21)/t14-,15-/m1/s1. The maximum Gasteiger partial charge on any atom is 0.260 e. The van der Waals surface area contributed by atoms with E-state index in [1.54, 1.807) is 19.1 Å². The number of halogens is 1. The zero-order valence-corrected chi connectivity index (χ0v) is 14.9. The Morgan fingerprint density at radius 2 is 2.09 bits per heavy atom. The van der Waals surface area contributed by atoms with E-state index in [4.69, 9.17) is 16.3 Å². The fraction of sp³-hybridized carbons (Fsp3) is 0.611. The number of hydrogen-bond acceptors (Lipinski definition) is 2. The molecule has 0 aromatic heterocycles. The van der Waals surface area contributed by atoms with Crippen LogP contribution in [0.2, 0.25) is 5.02 Å². The topological polar surface area (TPSA) is 38.3 Å². The second-order valence-corrected chi connectivity index (χ2v) is 6.27. The van der Waals surface area contributed by atoms with Gasteiger partial charge in [0.05, 0.1) is 0 Å². The van der Waals surface area contributed by atoms with Gasteiger partial charge in [-0.3, -0.25) is 4.79 Å². The Bertz CT molecular complexity index is 476. The molecule has 0 fully saturated rings. The van der Waals surface area contributed by atoms with Gasteiger partial charge in [0.15, 0.2) is 6.10 Å². The van der Waals surface area contributed by atoms with Crippen molar-refractivity contribution in [3.8, 4) is 5.75 Å². The molecule has 124 valence electrons. The summed E-state index contributed by atoms with van der Waals surface area (Å²) in [4.78, 5) is 12.2. The first kappa shape index (κ1) is 18.8. The molecule has 0 aliphatic heterocycles. The molecule has 0 unspecified atom stereocenters. The van der Waals surface area contributed by atoms with Crippen molar-refractivity contribution in [1.82, 2.24) is 5.32 Å². The van der Waals surface area contributed by atoms with Gasteiger partial charge in [0.25, 0.3) is 5.91 Å². The molecule has 1 aromatic carbocycles. The van der Waals surface area contributed by atoms with Crippen LogP contribution in [0, 0.1) is 12.8 Å². The van der Waals surface area contributed by atoms with Crippen LogP contribution in [0.4, 0.5) is 0 Å². The van der Waals surface area contributed by atoms with Crippen LogP contribution in [0.25, 0.3) is 0 Å². The van der Waals surface area contributed by atoms with E-state index in [0.29, 0.717) is 16.7 Å². The van der Waals surface area contributed by atoms with Crippen LogP contribution in [-0.4, -0.2) is 18.6 Å². The van der Waals surface area contributed by atoms with Crippen molar-refractivity contribution >= 4 is 17.5 Å². The van der Waals surface area contributed by atoms with E-state index in [9.17, 15) is 4.79 Å². The van der Waals surface area contributed by atoms with E-state index >= 15 is 0 Å². The molecule has 0 bridgehead atoms. The molecule has 0 heterocycles. The summed E-state index contributed by atoms with van der Waals surface area (Å²) in [7, 11) is 0. The second-order valence-electron chi connectivity index (χ2n) is 5.83. The van der Waals surface area contributed by atoms with E-state index in [2.05, 4.69) is 19.2 Å². The molecule has 4 heteroatoms. The van der Waals surface area contributed by atoms with Crippen molar-refractivity contribution in [2.45, 2.75) is 59.5 Å². The third-order valence-corrected chi connectivity index (χ3v) is 4.15. The summed E-state index contributed by atoms with van der Waals surface area (Å²) in [5.74, 6) is 1.18. The van der Waals surface area contributed by atoms with Crippen molar-refractivity contribution in [2.24, 2.45) is 5.92 Å². The quantitative estimate of drug-likeness (QED) is 0.711. The molecule has 0 saturated heterocycles. The Kier molecular flexibility index (Phi) is 8.32. The number of ether oxygens (including phenoxy) is 1. The molecule has 0 radical (unpaired) electrons. The van der Waals surface area contributed by atoms with Gasteiger partial charge in [-0.05, 0) is 49.9 Å². The Morgan fingerprint density at radius 3 is 2.68 bits per heavy atom. The molecule has 1 N–H and O–H groups in total. The molecule has 1 aromatic rings. The van der Waals surface area contributed by atoms with Crippen LogP contribution < -0.4 is 10.1 Å². The summed E-state index contributed by atoms with van der Waals surface area (Å²) in [6, 6.07) is 5.41. The molecular formula is C18H28ClNO2. The van der Waals surface area contributed by atoms with Gasteiger partial charge in [0.2, 0.25) is 0 Å². The van der Waals surface area contributed by atoms with Crippen LogP contribution in [0.3, 0.4) is 0 Å². The number of benzene rings is 1. The summed E-state index contributed by atoms with van der Waals surface area (Å²) < 4.78 is 5.74. The first-order valence-corrected chi connectivity index (χ1v) is 8.56. The molecule has 1 rings (SSSR count). The molecule has 0 aliphatic carbocycles. The molecule has 0 saturated carbocycles. The van der Waals surface area contributed by atoms with Gasteiger partial charge in [0, 0.05) is 11.6 Å². The maximum atomic E-state index is 12.2. The number of carbonyl (C=O) groups is 1. The number of rotatable bonds is 9. The van der Waals surface area contributed by atoms with Gasteiger partial charge in [-0.25, -0.2) is 0 Å². The number of amides is 1. The number of carbonyl (C=O) groups excluding carboxylic acids is 1. The second kappa shape index (κ2) is 9.73. The lowest BCUT2D eigenvalue weighted by molar-refractivity contribution is -0.127. The summed E-state index contributed by atoms with van der Waals surface area (Å²) in [5, 5.41) is 3.67. The van der Waals surface area contributed by atoms with Crippen molar-refractivity contribution in [3.63, 3.8) is 0 Å². The summed E-state index contributed by atoms with van der Waals surface area (Å²) >= 11 is 5.92. The molecule has 2 atom stereocenters. The molecule has 3 nitrogen and oxygen atoms in total. The average molecular weight is 326 g/mol. The van der Waals surface area contributed by atoms with Gasteiger partial charge >= 0.3 is 0 Å². The highest BCUT2D eigenvalue weighted by molar-refractivity contribution is 6.30. The number of aryl methyl sites for hydroxylation is 1. The smallest absolute Gasteiger partial charge is 0.260 e. The monoisotopic (exact) mass is 325 g/mol. The Morgan fingerprint density at radius 1 is 1.36 bits per heavy atom. The highest BCUT2D eigenvalue weighted by Gasteiger charge is 2.17. The predicted octanol–water partition coefficient (Wildman–Crippen LogP) is 4.75. The Hall–Kier alpha value is -1.22. The normalized spacial score (nSPS) is 13.5. The average Bonchev–Trinajstić information content (AvgIpc) is 2.49. The van der Waals surface area contributed by atoms with Gasteiger partial charge in [0.1, 0.15) is 5.75 Å². The minimum Gasteiger partial charge on any atom is -0.481 e. The van der Waals surface area contributed by atoms with Crippen LogP contribution >= 0.6 is 11.6 Å². The van der Waals surface area contributed by atoms with Crippen molar-refractivity contribution in [3.05, 3.63) is 28.8 Å². The zero-order valence-electron chi connectivity index (χ0n) is 14.1. The van der Waals surface area contributed by atoms with E-state index in [1.807, 2.05) is 13.0 Å². The predicted molar refractivity (Wildman–Crippen MR) is 92.6 cm³/mol. The third kappa shape index (κ3) is 6.27. The number of unbranched alkanes of at least 4 members (excludes halogenated alkanes) is 1. The lowest BCUT2D eigenvalue weighted by atomic mass is 9.99. The van der Waals surface area contributed by atoms with Crippen molar-refractivity contribution in [1.29, 1.82) is 0 Å². The summed E-state index contributed by atoms with van der Waals surface area (Å²) in [6.45, 7) is 8.78. The van der Waals surface area contributed by atoms with E-state index in [-0.39, 0.29) is 5.91 Å². The molecule has 0 spiro atoms. The maximum absolute atomic E-state index is 12.2. The first-order chi connectivity index (χ1) is 10.5. The minimum atomic E-state index is -0.511. The van der Waals surface area contributed by atoms with Crippen molar-refractivity contribution in [2.75, 3.05) is 6.54 Å². The van der Waals surface area contributed by atoms with E-state index in [1.165, 1.54) is 19.3 Å². The summed E-state index contributed by atoms with van der Waals surface area (Å²) in [6.07, 6.45) is 4.15. The first-order valence-electron chi connectivity index (χ1n) is 8.18. The molecule has 0 aliphatic rings. The van der Waals surface area contributed by atoms with Gasteiger partial charge < -0.3 is 10.1 Å². The minimum absolute atomic E-state index is 0.0655. The SMILES string of the molecule is CCCC[C@@H](CC)CNC(=O)[C@@H](C)Oc1ccc(Cl)cc1C. The number of hydrogen-bond donors (Lipinski definition) is 1. The lowest BCUT2D eigenvalue weighted by Crippen LogP contribution is -2.38. The highest BCUT2D eigenvalue weighted by Crippen LogP contribution is 2.22. The fourth-order valence-electron chi connectivity index (χ4n) is 2.32.